The van der Waals surface area contributed by atoms with Crippen LogP contribution in [0.1, 0.15) is 38.7 Å². The van der Waals surface area contributed by atoms with Gasteiger partial charge < -0.3 is 14.4 Å². The minimum Gasteiger partial charge on any atom is -0.456 e. The van der Waals surface area contributed by atoms with E-state index in [9.17, 15) is 0 Å². The molecule has 0 atom stereocenters. The molecule has 0 N–H and O–H groups in total. The standard InChI is InChI=1S/C31H20NO.C13H12N.Ir/c1-18-17-32-31-24-11-7-6-10-22(24)23-14-15-26-29(30(23)28(31)19(18)2)25-13-12-21(16-27(25)33-26)20-8-4-3-5-9-20;1-10-3-6-12(7-4-10)13-8-5-11(2)9-14-13;/h3-10,12-17H,1-2H3;3-6,8-9H,1-2H3;/q2*-1;/i2*1D3,2D3;. The van der Waals surface area contributed by atoms with Crippen molar-refractivity contribution in [1.29, 1.82) is 0 Å². The summed E-state index contributed by atoms with van der Waals surface area (Å²) in [6.07, 6.45) is 2.48. The summed E-state index contributed by atoms with van der Waals surface area (Å²) in [5.41, 5.74) is 4.74. The summed E-state index contributed by atoms with van der Waals surface area (Å²) in [5.74, 6) is 0. The second-order valence-corrected chi connectivity index (χ2v) is 11.2. The summed E-state index contributed by atoms with van der Waals surface area (Å²) < 4.78 is 99.7. The van der Waals surface area contributed by atoms with Gasteiger partial charge in [-0.1, -0.05) is 72.2 Å². The smallest absolute Gasteiger partial charge is 0.136 e. The van der Waals surface area contributed by atoms with Crippen molar-refractivity contribution < 1.29 is 41.0 Å². The van der Waals surface area contributed by atoms with Gasteiger partial charge in [-0.2, -0.15) is 0 Å². The molecule has 1 radical (unpaired) electrons. The minimum absolute atomic E-state index is 0. The van der Waals surface area contributed by atoms with Crippen molar-refractivity contribution in [3.63, 3.8) is 0 Å². The summed E-state index contributed by atoms with van der Waals surface area (Å²) in [5, 5.41) is 4.73. The molecule has 0 fully saturated rings. The van der Waals surface area contributed by atoms with Gasteiger partial charge in [0.05, 0.1) is 0 Å². The first-order valence-electron chi connectivity index (χ1n) is 20.9. The van der Waals surface area contributed by atoms with Crippen LogP contribution in [0.2, 0.25) is 0 Å². The van der Waals surface area contributed by atoms with Crippen LogP contribution in [0.15, 0.2) is 126 Å². The zero-order chi connectivity index (χ0) is 42.1. The van der Waals surface area contributed by atoms with Gasteiger partial charge in [0.15, 0.2) is 0 Å². The van der Waals surface area contributed by atoms with E-state index in [1.807, 2.05) is 72.8 Å². The van der Waals surface area contributed by atoms with Gasteiger partial charge in [-0.25, -0.2) is 0 Å². The van der Waals surface area contributed by atoms with E-state index in [4.69, 9.17) is 20.9 Å². The Hall–Kier alpha value is -5.15. The van der Waals surface area contributed by atoms with Crippen LogP contribution in [-0.4, -0.2) is 9.97 Å². The third kappa shape index (κ3) is 5.47. The minimum atomic E-state index is -2.71. The third-order valence-corrected chi connectivity index (χ3v) is 8.31. The predicted octanol–water partition coefficient (Wildman–Crippen LogP) is 11.7. The Bertz CT molecular complexity index is 2970. The average Bonchev–Trinajstić information content (AvgIpc) is 3.58. The Kier molecular flexibility index (Phi) is 5.41. The summed E-state index contributed by atoms with van der Waals surface area (Å²) in [7, 11) is 0. The first-order chi connectivity index (χ1) is 27.8. The maximum absolute atomic E-state index is 8.44. The second-order valence-electron chi connectivity index (χ2n) is 11.2. The van der Waals surface area contributed by atoms with Crippen molar-refractivity contribution in [2.75, 3.05) is 0 Å². The van der Waals surface area contributed by atoms with E-state index in [1.54, 1.807) is 18.2 Å². The van der Waals surface area contributed by atoms with Gasteiger partial charge in [-0.05, 0) is 88.6 Å². The molecule has 3 aromatic heterocycles. The van der Waals surface area contributed by atoms with Crippen LogP contribution in [0.5, 0.6) is 0 Å². The maximum atomic E-state index is 8.44. The molecule has 0 spiro atoms. The van der Waals surface area contributed by atoms with Crippen molar-refractivity contribution in [2.24, 2.45) is 0 Å². The Balaban J connectivity index is 0.000000220. The molecule has 9 aromatic rings. The van der Waals surface area contributed by atoms with E-state index in [2.05, 4.69) is 22.1 Å². The Morgan fingerprint density at radius 3 is 2.27 bits per heavy atom. The zero-order valence-electron chi connectivity index (χ0n) is 37.2. The van der Waals surface area contributed by atoms with Crippen molar-refractivity contribution in [2.45, 2.75) is 27.4 Å². The van der Waals surface area contributed by atoms with E-state index in [1.165, 1.54) is 30.6 Å². The molecule has 0 aliphatic heterocycles. The number of hydrogen-bond acceptors (Lipinski definition) is 3. The number of rotatable bonds is 2. The average molecular weight is 809 g/mol. The molecule has 4 heteroatoms. The molecule has 0 saturated carbocycles. The van der Waals surface area contributed by atoms with Crippen LogP contribution in [0.3, 0.4) is 0 Å². The molecular formula is C44H32IrN2O-2. The van der Waals surface area contributed by atoms with Crippen LogP contribution in [0.25, 0.3) is 76.8 Å². The van der Waals surface area contributed by atoms with E-state index >= 15 is 0 Å². The van der Waals surface area contributed by atoms with E-state index in [0.717, 1.165) is 32.7 Å². The Labute approximate surface area is 310 Å². The summed E-state index contributed by atoms with van der Waals surface area (Å²) >= 11 is 0. The molecule has 0 aliphatic rings. The quantitative estimate of drug-likeness (QED) is 0.129. The molecule has 0 saturated heterocycles. The van der Waals surface area contributed by atoms with Crippen molar-refractivity contribution >= 4 is 54.4 Å². The third-order valence-electron chi connectivity index (χ3n) is 8.31. The molecular weight excluding hydrogens is 765 g/mol. The number of furan rings is 1. The van der Waals surface area contributed by atoms with E-state index < -0.39 is 27.4 Å². The number of nitrogens with zero attached hydrogens (tertiary/aromatic N) is 2. The molecule has 3 heterocycles. The van der Waals surface area contributed by atoms with Crippen LogP contribution < -0.4 is 0 Å². The fraction of sp³-hybridized carbons (Fsp3) is 0.0909. The molecule has 0 aliphatic carbocycles. The fourth-order valence-electron chi connectivity index (χ4n) is 6.10. The number of aromatic nitrogens is 2. The summed E-state index contributed by atoms with van der Waals surface area (Å²) in [6, 6.07) is 39.0. The van der Waals surface area contributed by atoms with Crippen LogP contribution in [0.4, 0.5) is 0 Å². The number of hydrogen-bond donors (Lipinski definition) is 0. The molecule has 6 aromatic carbocycles. The van der Waals surface area contributed by atoms with Gasteiger partial charge in [-0.15, -0.1) is 65.0 Å². The molecule has 0 unspecified atom stereocenters. The molecule has 48 heavy (non-hydrogen) atoms. The summed E-state index contributed by atoms with van der Waals surface area (Å²) in [4.78, 5) is 8.63. The fourth-order valence-corrected chi connectivity index (χ4v) is 6.10. The topological polar surface area (TPSA) is 38.9 Å². The van der Waals surface area contributed by atoms with Gasteiger partial charge in [0, 0.05) is 59.7 Å². The number of benzene rings is 6. The zero-order valence-corrected chi connectivity index (χ0v) is 27.6. The monoisotopic (exact) mass is 809 g/mol. The molecule has 9 rings (SSSR count). The molecule has 0 bridgehead atoms. The normalized spacial score (nSPS) is 15.9. The second kappa shape index (κ2) is 12.8. The largest absolute Gasteiger partial charge is 0.456 e. The Morgan fingerprint density at radius 1 is 0.625 bits per heavy atom. The first kappa shape index (κ1) is 20.3. The predicted molar refractivity (Wildman–Crippen MR) is 196 cm³/mol. The van der Waals surface area contributed by atoms with E-state index in [-0.39, 0.29) is 42.4 Å². The van der Waals surface area contributed by atoms with Crippen LogP contribution in [-0.2, 0) is 20.1 Å². The van der Waals surface area contributed by atoms with E-state index in [0.29, 0.717) is 44.1 Å². The molecule has 3 nitrogen and oxygen atoms in total. The first-order valence-corrected chi connectivity index (χ1v) is 14.9. The van der Waals surface area contributed by atoms with Gasteiger partial charge in [-0.3, -0.25) is 0 Å². The maximum Gasteiger partial charge on any atom is 0.136 e. The van der Waals surface area contributed by atoms with Gasteiger partial charge in [0.25, 0.3) is 0 Å². The molecule has 0 amide bonds. The van der Waals surface area contributed by atoms with Crippen LogP contribution in [0, 0.1) is 39.5 Å². The van der Waals surface area contributed by atoms with Crippen LogP contribution >= 0.6 is 0 Å². The van der Waals surface area contributed by atoms with Crippen molar-refractivity contribution in [1.82, 2.24) is 9.97 Å². The SMILES string of the molecule is [2H]C([2H])([2H])c1c[c-]c(-c2ccc(C([2H])([2H])[2H])cn2)cc1.[2H]C([2H])([2H])c1cnc2c3[c-]cccc3c3ccc4oc5cc(-c6ccccc6)ccc5c4c3c2c1C([2H])([2H])[2H].[Ir]. The number of fused-ring (bicyclic) bond motifs is 10. The Morgan fingerprint density at radius 2 is 1.50 bits per heavy atom. The van der Waals surface area contributed by atoms with Crippen molar-refractivity contribution in [3.05, 3.63) is 156 Å². The number of pyridine rings is 2. The van der Waals surface area contributed by atoms with Gasteiger partial charge in [0.2, 0.25) is 0 Å². The molecule has 235 valence electrons. The number of aryl methyl sites for hydroxylation is 4. The van der Waals surface area contributed by atoms with Crippen molar-refractivity contribution in [3.8, 4) is 22.4 Å². The van der Waals surface area contributed by atoms with Gasteiger partial charge >= 0.3 is 0 Å². The summed E-state index contributed by atoms with van der Waals surface area (Å²) in [6.45, 7) is -9.71. The van der Waals surface area contributed by atoms with Gasteiger partial charge in [0.1, 0.15) is 11.2 Å².